The summed E-state index contributed by atoms with van der Waals surface area (Å²) in [4.78, 5) is 17.8. The second-order valence-corrected chi connectivity index (χ2v) is 8.41. The highest BCUT2D eigenvalue weighted by atomic mass is 32.2. The molecule has 2 unspecified atom stereocenters. The van der Waals surface area contributed by atoms with Crippen molar-refractivity contribution >= 4 is 39.5 Å². The zero-order valence-corrected chi connectivity index (χ0v) is 19.0. The quantitative estimate of drug-likeness (QED) is 0.356. The van der Waals surface area contributed by atoms with Crippen LogP contribution in [0.4, 0.5) is 11.4 Å². The second-order valence-electron chi connectivity index (χ2n) is 7.61. The number of hydrogen-bond donors (Lipinski definition) is 1. The molecule has 0 saturated heterocycles. The molecular weight excluding hydrogens is 434 g/mol. The topological polar surface area (TPSA) is 85.4 Å². The molecule has 6 nitrogen and oxygen atoms in total. The van der Waals surface area contributed by atoms with Crippen LogP contribution in [-0.4, -0.2) is 19.7 Å². The number of rotatable bonds is 8. The second kappa shape index (κ2) is 10.4. The van der Waals surface area contributed by atoms with Crippen molar-refractivity contribution in [3.63, 3.8) is 0 Å². The molecule has 1 aromatic heterocycles. The third-order valence-corrected chi connectivity index (χ3v) is 6.12. The number of amides is 1. The minimum atomic E-state index is -2.68. The van der Waals surface area contributed by atoms with Crippen LogP contribution >= 0.6 is 0 Å². The number of fused-ring (bicyclic) bond motifs is 1. The van der Waals surface area contributed by atoms with Gasteiger partial charge in [-0.15, -0.1) is 0 Å². The van der Waals surface area contributed by atoms with E-state index in [2.05, 4.69) is 17.2 Å². The highest BCUT2D eigenvalue weighted by molar-refractivity contribution is 7.81. The van der Waals surface area contributed by atoms with E-state index in [9.17, 15) is 13.6 Å². The normalized spacial score (nSPS) is 12.8. The first kappa shape index (κ1) is 22.6. The number of pyridine rings is 1. The fraction of sp³-hybridized carbons (Fsp3) is 0.154. The molecule has 1 N–H and O–H groups in total. The fourth-order valence-corrected chi connectivity index (χ4v) is 4.55. The van der Waals surface area contributed by atoms with Gasteiger partial charge in [-0.25, -0.2) is 0 Å². The molecule has 2 atom stereocenters. The molecule has 4 aromatic rings. The maximum absolute atomic E-state index is 13.4. The van der Waals surface area contributed by atoms with Gasteiger partial charge in [0.2, 0.25) is 0 Å². The largest absolute Gasteiger partial charge is 0.755 e. The maximum atomic E-state index is 13.4. The summed E-state index contributed by atoms with van der Waals surface area (Å²) in [6, 6.07) is 25.3. The lowest BCUT2D eigenvalue weighted by molar-refractivity contribution is 0.0935. The molecule has 0 saturated carbocycles. The number of anilines is 2. The van der Waals surface area contributed by atoms with Crippen LogP contribution in [0.5, 0.6) is 0 Å². The molecule has 3 aromatic carbocycles. The molecule has 0 aliphatic heterocycles. The van der Waals surface area contributed by atoms with Gasteiger partial charge in [0.15, 0.2) is 0 Å². The van der Waals surface area contributed by atoms with Crippen LogP contribution in [0, 0.1) is 0 Å². The van der Waals surface area contributed by atoms with Gasteiger partial charge >= 0.3 is 0 Å². The van der Waals surface area contributed by atoms with Gasteiger partial charge in [-0.3, -0.25) is 18.3 Å². The van der Waals surface area contributed by atoms with Gasteiger partial charge in [0.05, 0.1) is 39.8 Å². The molecule has 0 spiro atoms. The Labute approximate surface area is 195 Å². The SMILES string of the molecule is CCCC(NC(=O)c1ccccc1N(c1cccc2cccnc12)S(=O)[O-])c1ccccc1. The zero-order chi connectivity index (χ0) is 23.2. The van der Waals surface area contributed by atoms with Gasteiger partial charge in [-0.05, 0) is 36.2 Å². The number of nitrogens with one attached hydrogen (secondary N) is 1. The van der Waals surface area contributed by atoms with Crippen LogP contribution in [0.1, 0.15) is 41.7 Å². The summed E-state index contributed by atoms with van der Waals surface area (Å²) in [5.41, 5.74) is 2.46. The van der Waals surface area contributed by atoms with Crippen molar-refractivity contribution in [1.82, 2.24) is 10.3 Å². The first-order chi connectivity index (χ1) is 16.1. The van der Waals surface area contributed by atoms with E-state index >= 15 is 0 Å². The lowest BCUT2D eigenvalue weighted by Crippen LogP contribution is -2.31. The molecule has 1 amide bonds. The Bertz CT molecular complexity index is 1270. The molecule has 33 heavy (non-hydrogen) atoms. The Kier molecular flexibility index (Phi) is 7.12. The number of hydrogen-bond acceptors (Lipinski definition) is 4. The molecule has 0 aliphatic carbocycles. The molecule has 0 bridgehead atoms. The molecule has 4 rings (SSSR count). The van der Waals surface area contributed by atoms with Crippen LogP contribution < -0.4 is 9.62 Å². The predicted molar refractivity (Wildman–Crippen MR) is 131 cm³/mol. The van der Waals surface area contributed by atoms with Crippen molar-refractivity contribution in [1.29, 1.82) is 0 Å². The van der Waals surface area contributed by atoms with E-state index in [4.69, 9.17) is 0 Å². The zero-order valence-electron chi connectivity index (χ0n) is 18.2. The summed E-state index contributed by atoms with van der Waals surface area (Å²) in [6.45, 7) is 2.06. The third kappa shape index (κ3) is 4.94. The van der Waals surface area contributed by atoms with Gasteiger partial charge in [-0.2, -0.15) is 0 Å². The number of aromatic nitrogens is 1. The molecule has 168 valence electrons. The summed E-state index contributed by atoms with van der Waals surface area (Å²) in [5.74, 6) is -0.337. The number of benzene rings is 3. The summed E-state index contributed by atoms with van der Waals surface area (Å²) in [5, 5.41) is 3.90. The highest BCUT2D eigenvalue weighted by Crippen LogP contribution is 2.34. The van der Waals surface area contributed by atoms with Crippen molar-refractivity contribution < 1.29 is 13.6 Å². The minimum absolute atomic E-state index is 0.179. The van der Waals surface area contributed by atoms with Gasteiger partial charge in [0.1, 0.15) is 0 Å². The van der Waals surface area contributed by atoms with Gasteiger partial charge in [0.25, 0.3) is 5.91 Å². The minimum Gasteiger partial charge on any atom is -0.755 e. The lowest BCUT2D eigenvalue weighted by atomic mass is 10.0. The van der Waals surface area contributed by atoms with E-state index in [1.165, 1.54) is 0 Å². The molecule has 0 fully saturated rings. The highest BCUT2D eigenvalue weighted by Gasteiger charge is 2.22. The number of carbonyl (C=O) groups is 1. The Hall–Kier alpha value is -3.55. The van der Waals surface area contributed by atoms with Crippen molar-refractivity contribution in [2.24, 2.45) is 0 Å². The molecule has 0 aliphatic rings. The van der Waals surface area contributed by atoms with Crippen molar-refractivity contribution in [3.05, 3.63) is 102 Å². The first-order valence-corrected chi connectivity index (χ1v) is 11.8. The van der Waals surface area contributed by atoms with E-state index in [0.29, 0.717) is 11.2 Å². The summed E-state index contributed by atoms with van der Waals surface area (Å²) < 4.78 is 26.0. The van der Waals surface area contributed by atoms with E-state index in [0.717, 1.165) is 28.1 Å². The Balaban J connectivity index is 1.75. The standard InChI is InChI=1S/C26H25N3O3S/c1-2-10-22(19-11-4-3-5-12-19)28-26(30)21-15-6-7-16-23(21)29(33(31)32)24-17-8-13-20-14-9-18-27-25(20)24/h3-9,11-18,22H,2,10H2,1H3,(H,28,30)(H,31,32)/p-1. The van der Waals surface area contributed by atoms with Crippen LogP contribution in [-0.2, 0) is 11.3 Å². The fourth-order valence-electron chi connectivity index (χ4n) is 3.92. The Morgan fingerprint density at radius 2 is 1.67 bits per heavy atom. The van der Waals surface area contributed by atoms with E-state index in [1.807, 2.05) is 42.5 Å². The third-order valence-electron chi connectivity index (χ3n) is 5.43. The van der Waals surface area contributed by atoms with Crippen molar-refractivity contribution in [3.8, 4) is 0 Å². The van der Waals surface area contributed by atoms with Crippen LogP contribution in [0.3, 0.4) is 0 Å². The van der Waals surface area contributed by atoms with Crippen molar-refractivity contribution in [2.75, 3.05) is 4.31 Å². The van der Waals surface area contributed by atoms with Gasteiger partial charge in [-0.1, -0.05) is 74.0 Å². The maximum Gasteiger partial charge on any atom is 0.253 e. The van der Waals surface area contributed by atoms with E-state index in [-0.39, 0.29) is 23.2 Å². The predicted octanol–water partition coefficient (Wildman–Crippen LogP) is 5.44. The van der Waals surface area contributed by atoms with Gasteiger partial charge in [0, 0.05) is 11.6 Å². The van der Waals surface area contributed by atoms with Crippen LogP contribution in [0.25, 0.3) is 10.9 Å². The van der Waals surface area contributed by atoms with Gasteiger partial charge < -0.3 is 9.87 Å². The smallest absolute Gasteiger partial charge is 0.253 e. The number of nitrogens with zero attached hydrogens (tertiary/aromatic N) is 2. The Morgan fingerprint density at radius 1 is 0.970 bits per heavy atom. The number of para-hydroxylation sites is 2. The van der Waals surface area contributed by atoms with Crippen molar-refractivity contribution in [2.45, 2.75) is 25.8 Å². The summed E-state index contributed by atoms with van der Waals surface area (Å²) in [7, 11) is 0. The number of carbonyl (C=O) groups excluding carboxylic acids is 1. The molecule has 1 heterocycles. The monoisotopic (exact) mass is 458 g/mol. The summed E-state index contributed by atoms with van der Waals surface area (Å²) >= 11 is -2.68. The van der Waals surface area contributed by atoms with E-state index in [1.54, 1.807) is 48.7 Å². The average molecular weight is 459 g/mol. The van der Waals surface area contributed by atoms with Crippen LogP contribution in [0.2, 0.25) is 0 Å². The molecule has 7 heteroatoms. The summed E-state index contributed by atoms with van der Waals surface area (Å²) in [6.07, 6.45) is 3.27. The Morgan fingerprint density at radius 3 is 2.42 bits per heavy atom. The molecular formula is C26H24N3O3S-. The first-order valence-electron chi connectivity index (χ1n) is 10.8. The molecule has 0 radical (unpaired) electrons. The average Bonchev–Trinajstić information content (AvgIpc) is 2.85. The van der Waals surface area contributed by atoms with Crippen LogP contribution in [0.15, 0.2) is 91.1 Å². The lowest BCUT2D eigenvalue weighted by Gasteiger charge is -2.29. The van der Waals surface area contributed by atoms with E-state index < -0.39 is 11.3 Å².